The van der Waals surface area contributed by atoms with Gasteiger partial charge in [-0.05, 0) is 6.42 Å². The molecule has 0 atom stereocenters. The first-order valence-electron chi connectivity index (χ1n) is 7.20. The Morgan fingerprint density at radius 2 is 1.39 bits per heavy atom. The van der Waals surface area contributed by atoms with Gasteiger partial charge in [0.2, 0.25) is 0 Å². The van der Waals surface area contributed by atoms with Gasteiger partial charge in [0.25, 0.3) is 0 Å². The third-order valence-corrected chi connectivity index (χ3v) is 3.11. The number of rotatable bonds is 12. The molecule has 0 saturated carbocycles. The van der Waals surface area contributed by atoms with Gasteiger partial charge in [-0.2, -0.15) is 0 Å². The number of halogens is 1. The topological polar surface area (TPSA) is 26.3 Å². The van der Waals surface area contributed by atoms with E-state index >= 15 is 0 Å². The lowest BCUT2D eigenvalue weighted by Gasteiger charge is -2.04. The molecule has 0 aliphatic carbocycles. The van der Waals surface area contributed by atoms with E-state index in [1.165, 1.54) is 51.4 Å². The van der Waals surface area contributed by atoms with Gasteiger partial charge in [0, 0.05) is 0 Å². The lowest BCUT2D eigenvalue weighted by molar-refractivity contribution is -0.138. The number of carbonyl (C=O) groups excluding carboxylic acids is 1. The van der Waals surface area contributed by atoms with Gasteiger partial charge in [0.15, 0.2) is 0 Å². The van der Waals surface area contributed by atoms with E-state index in [4.69, 9.17) is 16.3 Å². The Balaban J connectivity index is 3.07. The van der Waals surface area contributed by atoms with E-state index in [0.29, 0.717) is 6.61 Å². The molecule has 0 aliphatic heterocycles. The molecule has 0 bridgehead atoms. The van der Waals surface area contributed by atoms with Crippen molar-refractivity contribution in [2.45, 2.75) is 71.1 Å². The van der Waals surface area contributed by atoms with Gasteiger partial charge in [0.05, 0.1) is 6.61 Å². The number of unbranched alkanes of at least 4 members (excludes halogenated alkanes) is 9. The van der Waals surface area contributed by atoms with Crippen LogP contribution in [0.15, 0.2) is 11.6 Å². The van der Waals surface area contributed by atoms with Crippen LogP contribution in [0.1, 0.15) is 71.1 Å². The Bertz CT molecular complexity index is 227. The monoisotopic (exact) mass is 274 g/mol. The molecule has 0 N–H and O–H groups in total. The molecule has 0 radical (unpaired) electrons. The lowest BCUT2D eigenvalue weighted by Crippen LogP contribution is -2.04. The van der Waals surface area contributed by atoms with Gasteiger partial charge >= 0.3 is 5.97 Å². The van der Waals surface area contributed by atoms with E-state index in [2.05, 4.69) is 13.5 Å². The van der Waals surface area contributed by atoms with Crippen LogP contribution in [0.3, 0.4) is 0 Å². The van der Waals surface area contributed by atoms with Crippen LogP contribution in [0, 0.1) is 0 Å². The molecule has 0 aliphatic rings. The van der Waals surface area contributed by atoms with Crippen LogP contribution in [0.25, 0.3) is 0 Å². The molecule has 0 fully saturated rings. The highest BCUT2D eigenvalue weighted by Gasteiger charge is 2.03. The molecular formula is C15H27ClO2. The molecule has 3 heteroatoms. The van der Waals surface area contributed by atoms with Crippen molar-refractivity contribution >= 4 is 17.6 Å². The third kappa shape index (κ3) is 12.0. The van der Waals surface area contributed by atoms with E-state index in [1.54, 1.807) is 0 Å². The molecule has 0 saturated heterocycles. The summed E-state index contributed by atoms with van der Waals surface area (Å²) < 4.78 is 4.91. The van der Waals surface area contributed by atoms with Crippen molar-refractivity contribution in [1.29, 1.82) is 0 Å². The highest BCUT2D eigenvalue weighted by molar-refractivity contribution is 6.40. The molecular weight excluding hydrogens is 248 g/mol. The van der Waals surface area contributed by atoms with Gasteiger partial charge in [0.1, 0.15) is 5.03 Å². The van der Waals surface area contributed by atoms with Crippen molar-refractivity contribution in [1.82, 2.24) is 0 Å². The Kier molecular flexibility index (Phi) is 12.6. The van der Waals surface area contributed by atoms with Crippen LogP contribution in [-0.4, -0.2) is 12.6 Å². The van der Waals surface area contributed by atoms with Gasteiger partial charge in [-0.1, -0.05) is 82.9 Å². The minimum absolute atomic E-state index is 0.0397. The summed E-state index contributed by atoms with van der Waals surface area (Å²) in [6.07, 6.45) is 12.7. The van der Waals surface area contributed by atoms with E-state index in [9.17, 15) is 4.79 Å². The number of hydrogen-bond acceptors (Lipinski definition) is 2. The maximum Gasteiger partial charge on any atom is 0.349 e. The SMILES string of the molecule is C=C(Cl)C(=O)OCCCCCCCCCCCC. The van der Waals surface area contributed by atoms with E-state index in [0.717, 1.165) is 12.8 Å². The Morgan fingerprint density at radius 3 is 1.83 bits per heavy atom. The Morgan fingerprint density at radius 1 is 0.944 bits per heavy atom. The van der Waals surface area contributed by atoms with Crippen LogP contribution in [-0.2, 0) is 9.53 Å². The van der Waals surface area contributed by atoms with Crippen molar-refractivity contribution in [2.75, 3.05) is 6.61 Å². The van der Waals surface area contributed by atoms with Crippen molar-refractivity contribution in [2.24, 2.45) is 0 Å². The summed E-state index contributed by atoms with van der Waals surface area (Å²) in [4.78, 5) is 10.9. The van der Waals surface area contributed by atoms with Gasteiger partial charge in [-0.3, -0.25) is 0 Å². The van der Waals surface area contributed by atoms with Gasteiger partial charge < -0.3 is 4.74 Å². The lowest BCUT2D eigenvalue weighted by atomic mass is 10.1. The van der Waals surface area contributed by atoms with E-state index in [1.807, 2.05) is 0 Å². The van der Waals surface area contributed by atoms with E-state index in [-0.39, 0.29) is 5.03 Å². The largest absolute Gasteiger partial charge is 0.461 e. The summed E-state index contributed by atoms with van der Waals surface area (Å²) >= 11 is 5.39. The molecule has 0 heterocycles. The summed E-state index contributed by atoms with van der Waals surface area (Å²) in [5, 5.41) is -0.0397. The minimum atomic E-state index is -0.493. The molecule has 0 aromatic heterocycles. The molecule has 106 valence electrons. The zero-order chi connectivity index (χ0) is 13.6. The van der Waals surface area contributed by atoms with E-state index < -0.39 is 5.97 Å². The predicted octanol–water partition coefficient (Wildman–Crippen LogP) is 5.20. The molecule has 0 amide bonds. The third-order valence-electron chi connectivity index (χ3n) is 2.95. The predicted molar refractivity (Wildman–Crippen MR) is 77.8 cm³/mol. The maximum absolute atomic E-state index is 10.9. The van der Waals surface area contributed by atoms with Crippen LogP contribution < -0.4 is 0 Å². The average molecular weight is 275 g/mol. The molecule has 18 heavy (non-hydrogen) atoms. The van der Waals surface area contributed by atoms with Crippen LogP contribution in [0.2, 0.25) is 0 Å². The highest BCUT2D eigenvalue weighted by Crippen LogP contribution is 2.10. The van der Waals surface area contributed by atoms with Gasteiger partial charge in [-0.25, -0.2) is 4.79 Å². The first-order chi connectivity index (χ1) is 8.68. The second kappa shape index (κ2) is 12.9. The molecule has 0 spiro atoms. The zero-order valence-electron chi connectivity index (χ0n) is 11.7. The summed E-state index contributed by atoms with van der Waals surface area (Å²) in [5.74, 6) is -0.493. The molecule has 0 aromatic carbocycles. The molecule has 0 aromatic rings. The molecule has 0 unspecified atom stereocenters. The fraction of sp³-hybridized carbons (Fsp3) is 0.800. The van der Waals surface area contributed by atoms with Gasteiger partial charge in [-0.15, -0.1) is 0 Å². The van der Waals surface area contributed by atoms with Crippen molar-refractivity contribution in [3.05, 3.63) is 11.6 Å². The average Bonchev–Trinajstić information content (AvgIpc) is 2.35. The summed E-state index contributed by atoms with van der Waals surface area (Å²) in [7, 11) is 0. The summed E-state index contributed by atoms with van der Waals surface area (Å²) in [5.41, 5.74) is 0. The standard InChI is InChI=1S/C15H27ClO2/c1-3-4-5-6-7-8-9-10-11-12-13-18-15(17)14(2)16/h2-13H2,1H3. The minimum Gasteiger partial charge on any atom is -0.461 e. The van der Waals surface area contributed by atoms with Crippen molar-refractivity contribution in [3.63, 3.8) is 0 Å². The quantitative estimate of drug-likeness (QED) is 0.278. The van der Waals surface area contributed by atoms with Crippen LogP contribution in [0.4, 0.5) is 0 Å². The number of ether oxygens (including phenoxy) is 1. The fourth-order valence-electron chi connectivity index (χ4n) is 1.83. The number of carbonyl (C=O) groups is 1. The number of esters is 1. The summed E-state index contributed by atoms with van der Waals surface area (Å²) in [6.45, 7) is 6.02. The van der Waals surface area contributed by atoms with Crippen LogP contribution >= 0.6 is 11.6 Å². The Hall–Kier alpha value is -0.500. The first-order valence-corrected chi connectivity index (χ1v) is 7.57. The molecule has 2 nitrogen and oxygen atoms in total. The fourth-order valence-corrected chi connectivity index (χ4v) is 1.89. The Labute approximate surface area is 117 Å². The van der Waals surface area contributed by atoms with Crippen molar-refractivity contribution < 1.29 is 9.53 Å². The van der Waals surface area contributed by atoms with Crippen molar-refractivity contribution in [3.8, 4) is 0 Å². The summed E-state index contributed by atoms with van der Waals surface area (Å²) in [6, 6.07) is 0. The second-order valence-electron chi connectivity index (χ2n) is 4.72. The normalized spacial score (nSPS) is 10.3. The first kappa shape index (κ1) is 17.5. The second-order valence-corrected chi connectivity index (χ2v) is 5.18. The number of hydrogen-bond donors (Lipinski definition) is 0. The smallest absolute Gasteiger partial charge is 0.349 e. The maximum atomic E-state index is 10.9. The zero-order valence-corrected chi connectivity index (χ0v) is 12.4. The van der Waals surface area contributed by atoms with Crippen LogP contribution in [0.5, 0.6) is 0 Å². The highest BCUT2D eigenvalue weighted by atomic mass is 35.5. The molecule has 0 rings (SSSR count).